The lowest BCUT2D eigenvalue weighted by Crippen LogP contribution is -2.38. The molecule has 2 aromatic heterocycles. The Morgan fingerprint density at radius 1 is 1.19 bits per heavy atom. The van der Waals surface area contributed by atoms with E-state index in [1.165, 1.54) is 23.7 Å². The number of halogens is 1. The van der Waals surface area contributed by atoms with Crippen LogP contribution >= 0.6 is 11.3 Å². The minimum absolute atomic E-state index is 0.0150. The van der Waals surface area contributed by atoms with E-state index >= 15 is 0 Å². The Bertz CT molecular complexity index is 1160. The number of aliphatic hydroxyl groups excluding tert-OH is 1. The van der Waals surface area contributed by atoms with Crippen LogP contribution in [-0.2, 0) is 7.05 Å². The fourth-order valence-electron chi connectivity index (χ4n) is 2.96. The second-order valence-electron chi connectivity index (χ2n) is 6.39. The summed E-state index contributed by atoms with van der Waals surface area (Å²) in [7, 11) is 1.28. The summed E-state index contributed by atoms with van der Waals surface area (Å²) in [4.78, 5) is 37.2. The number of aromatic carboxylic acids is 1. The molecule has 0 radical (unpaired) electrons. The first kappa shape index (κ1) is 19.0. The highest BCUT2D eigenvalue weighted by Crippen LogP contribution is 2.36. The second-order valence-corrected chi connectivity index (χ2v) is 7.42. The van der Waals surface area contributed by atoms with Gasteiger partial charge in [-0.3, -0.25) is 13.9 Å². The third-order valence-corrected chi connectivity index (χ3v) is 5.55. The summed E-state index contributed by atoms with van der Waals surface area (Å²) in [5.74, 6) is -1.88. The van der Waals surface area contributed by atoms with E-state index in [4.69, 9.17) is 0 Å². The fraction of sp³-hybridized carbons (Fsp3) is 0.278. The van der Waals surface area contributed by atoms with E-state index in [1.54, 1.807) is 13.8 Å². The summed E-state index contributed by atoms with van der Waals surface area (Å²) in [5, 5.41) is 20.3. The lowest BCUT2D eigenvalue weighted by atomic mass is 10.0. The highest BCUT2D eigenvalue weighted by atomic mass is 32.1. The lowest BCUT2D eigenvalue weighted by Gasteiger charge is -2.12. The molecule has 142 valence electrons. The van der Waals surface area contributed by atoms with Gasteiger partial charge in [0.15, 0.2) is 0 Å². The minimum Gasteiger partial charge on any atom is -0.478 e. The van der Waals surface area contributed by atoms with E-state index in [2.05, 4.69) is 0 Å². The van der Waals surface area contributed by atoms with Crippen molar-refractivity contribution >= 4 is 27.5 Å². The predicted octanol–water partition coefficient (Wildman–Crippen LogP) is 2.26. The van der Waals surface area contributed by atoms with Crippen LogP contribution in [0.5, 0.6) is 0 Å². The number of thiophene rings is 1. The highest BCUT2D eigenvalue weighted by Gasteiger charge is 2.29. The van der Waals surface area contributed by atoms with Gasteiger partial charge in [0, 0.05) is 13.1 Å². The van der Waals surface area contributed by atoms with Gasteiger partial charge in [0.2, 0.25) is 0 Å². The van der Waals surface area contributed by atoms with Gasteiger partial charge >= 0.3 is 11.7 Å². The van der Waals surface area contributed by atoms with Gasteiger partial charge in [0.25, 0.3) is 5.56 Å². The van der Waals surface area contributed by atoms with Crippen molar-refractivity contribution in [2.75, 3.05) is 0 Å². The number of carboxylic acids is 1. The lowest BCUT2D eigenvalue weighted by molar-refractivity contribution is 0.0694. The molecule has 1 aromatic carbocycles. The van der Waals surface area contributed by atoms with Gasteiger partial charge in [-0.05, 0) is 31.5 Å². The molecule has 0 aliphatic carbocycles. The summed E-state index contributed by atoms with van der Waals surface area (Å²) in [6, 6.07) is 4.64. The van der Waals surface area contributed by atoms with Crippen molar-refractivity contribution < 1.29 is 19.4 Å². The number of carbonyl (C=O) groups is 1. The molecule has 3 rings (SSSR count). The average molecular weight is 392 g/mol. The maximum Gasteiger partial charge on any atom is 0.337 e. The molecule has 0 amide bonds. The third kappa shape index (κ3) is 2.98. The number of benzene rings is 1. The van der Waals surface area contributed by atoms with Crippen LogP contribution in [0.2, 0.25) is 0 Å². The molecular formula is C18H17FN2O5S. The van der Waals surface area contributed by atoms with Crippen LogP contribution in [0, 0.1) is 5.82 Å². The molecule has 2 heterocycles. The monoisotopic (exact) mass is 392 g/mol. The molecule has 0 saturated heterocycles. The van der Waals surface area contributed by atoms with Crippen LogP contribution in [0.4, 0.5) is 4.39 Å². The first-order valence-electron chi connectivity index (χ1n) is 8.09. The smallest absolute Gasteiger partial charge is 0.337 e. The van der Waals surface area contributed by atoms with Crippen LogP contribution in [-0.4, -0.2) is 25.3 Å². The van der Waals surface area contributed by atoms with Gasteiger partial charge in [-0.2, -0.15) is 0 Å². The molecule has 0 aliphatic heterocycles. The van der Waals surface area contributed by atoms with Crippen molar-refractivity contribution in [1.29, 1.82) is 0 Å². The Balaban J connectivity index is 2.42. The third-order valence-electron chi connectivity index (χ3n) is 4.31. The Morgan fingerprint density at radius 2 is 1.78 bits per heavy atom. The quantitative estimate of drug-likeness (QED) is 0.709. The number of rotatable bonds is 4. The molecule has 9 heteroatoms. The zero-order valence-corrected chi connectivity index (χ0v) is 15.6. The number of hydrogen-bond acceptors (Lipinski definition) is 5. The van der Waals surface area contributed by atoms with Crippen molar-refractivity contribution in [3.63, 3.8) is 0 Å². The molecule has 0 fully saturated rings. The highest BCUT2D eigenvalue weighted by molar-refractivity contribution is 7.19. The van der Waals surface area contributed by atoms with Crippen LogP contribution in [0.1, 0.15) is 46.8 Å². The van der Waals surface area contributed by atoms with Gasteiger partial charge in [-0.15, -0.1) is 11.3 Å². The molecular weight excluding hydrogens is 375 g/mol. The predicted molar refractivity (Wildman–Crippen MR) is 99.1 cm³/mol. The molecule has 0 bridgehead atoms. The molecule has 0 aliphatic rings. The van der Waals surface area contributed by atoms with E-state index in [9.17, 15) is 29.0 Å². The maximum atomic E-state index is 13.2. The Hall–Kier alpha value is -2.78. The van der Waals surface area contributed by atoms with Crippen molar-refractivity contribution in [2.45, 2.75) is 26.0 Å². The number of hydrogen-bond donors (Lipinski definition) is 2. The normalized spacial score (nSPS) is 12.7. The van der Waals surface area contributed by atoms with E-state index in [0.29, 0.717) is 0 Å². The summed E-state index contributed by atoms with van der Waals surface area (Å²) in [5.41, 5.74) is -1.37. The second kappa shape index (κ2) is 6.75. The Kier molecular flexibility index (Phi) is 4.75. The van der Waals surface area contributed by atoms with E-state index in [-0.39, 0.29) is 32.3 Å². The summed E-state index contributed by atoms with van der Waals surface area (Å²) < 4.78 is 15.3. The van der Waals surface area contributed by atoms with Gasteiger partial charge in [-0.1, -0.05) is 12.1 Å². The molecule has 1 unspecified atom stereocenters. The zero-order valence-electron chi connectivity index (χ0n) is 14.8. The molecule has 0 saturated carbocycles. The number of aliphatic hydroxyl groups is 1. The van der Waals surface area contributed by atoms with Gasteiger partial charge in [0.1, 0.15) is 16.8 Å². The summed E-state index contributed by atoms with van der Waals surface area (Å²) >= 11 is 0.876. The Labute approximate surface area is 156 Å². The minimum atomic E-state index is -1.39. The van der Waals surface area contributed by atoms with Crippen molar-refractivity contribution in [2.24, 2.45) is 7.05 Å². The molecule has 0 spiro atoms. The van der Waals surface area contributed by atoms with Crippen molar-refractivity contribution in [3.05, 3.63) is 66.9 Å². The Morgan fingerprint density at radius 3 is 2.30 bits per heavy atom. The zero-order chi connectivity index (χ0) is 20.0. The van der Waals surface area contributed by atoms with Crippen LogP contribution in [0.3, 0.4) is 0 Å². The standard InChI is InChI=1S/C18H17FN2O5S/c1-8(2)21-16-12(15(23)20(3)18(21)26)11(17(24)25)14(27-16)13(22)9-4-6-10(19)7-5-9/h4-8,13,22H,1-3H3,(H,24,25). The van der Waals surface area contributed by atoms with E-state index in [1.807, 2.05) is 0 Å². The molecule has 7 nitrogen and oxygen atoms in total. The van der Waals surface area contributed by atoms with Crippen LogP contribution < -0.4 is 11.2 Å². The van der Waals surface area contributed by atoms with Crippen LogP contribution in [0.25, 0.3) is 10.2 Å². The SMILES string of the molecule is CC(C)n1c(=O)n(C)c(=O)c2c(C(=O)O)c(C(O)c3ccc(F)cc3)sc21. The first-order valence-corrected chi connectivity index (χ1v) is 8.91. The van der Waals surface area contributed by atoms with Crippen LogP contribution in [0.15, 0.2) is 33.9 Å². The van der Waals surface area contributed by atoms with Gasteiger partial charge < -0.3 is 10.2 Å². The number of aromatic nitrogens is 2. The molecule has 2 N–H and O–H groups in total. The molecule has 3 aromatic rings. The fourth-order valence-corrected chi connectivity index (χ4v) is 4.39. The van der Waals surface area contributed by atoms with Crippen molar-refractivity contribution in [1.82, 2.24) is 9.13 Å². The van der Waals surface area contributed by atoms with Crippen molar-refractivity contribution in [3.8, 4) is 0 Å². The summed E-state index contributed by atoms with van der Waals surface area (Å²) in [6.07, 6.45) is -1.38. The summed E-state index contributed by atoms with van der Waals surface area (Å²) in [6.45, 7) is 3.48. The molecule has 27 heavy (non-hydrogen) atoms. The van der Waals surface area contributed by atoms with E-state index < -0.39 is 29.1 Å². The largest absolute Gasteiger partial charge is 0.478 e. The number of fused-ring (bicyclic) bond motifs is 1. The van der Waals surface area contributed by atoms with Gasteiger partial charge in [0.05, 0.1) is 15.8 Å². The maximum absolute atomic E-state index is 13.2. The average Bonchev–Trinajstić information content (AvgIpc) is 3.00. The van der Waals surface area contributed by atoms with Gasteiger partial charge in [-0.25, -0.2) is 14.0 Å². The topological polar surface area (TPSA) is 102 Å². The first-order chi connectivity index (χ1) is 12.6. The van der Waals surface area contributed by atoms with E-state index in [0.717, 1.165) is 28.0 Å². The number of nitrogens with zero attached hydrogens (tertiary/aromatic N) is 2. The number of carboxylic acid groups (broad SMARTS) is 1. The molecule has 1 atom stereocenters.